The van der Waals surface area contributed by atoms with Gasteiger partial charge in [0.25, 0.3) is 0 Å². The number of aliphatic hydroxyl groups excluding tert-OH is 5. The smallest absolute Gasteiger partial charge is 0.220 e. The maximum Gasteiger partial charge on any atom is 0.220 e. The van der Waals surface area contributed by atoms with Gasteiger partial charge in [-0.2, -0.15) is 0 Å². The molecule has 0 saturated carbocycles. The van der Waals surface area contributed by atoms with Crippen molar-refractivity contribution in [3.05, 3.63) is 109 Å². The van der Waals surface area contributed by atoms with Crippen molar-refractivity contribution in [1.82, 2.24) is 5.32 Å². The summed E-state index contributed by atoms with van der Waals surface area (Å²) in [5.41, 5.74) is 0. The van der Waals surface area contributed by atoms with Crippen LogP contribution in [-0.2, 0) is 14.3 Å². The Morgan fingerprint density at radius 1 is 0.461 bits per heavy atom. The highest BCUT2D eigenvalue weighted by Crippen LogP contribution is 2.23. The molecule has 0 aromatic carbocycles. The second-order valence-electron chi connectivity index (χ2n) is 21.1. The summed E-state index contributed by atoms with van der Waals surface area (Å²) in [6.07, 6.45) is 74.4. The van der Waals surface area contributed by atoms with Crippen molar-refractivity contribution in [3.63, 3.8) is 0 Å². The molecule has 0 bridgehead atoms. The lowest BCUT2D eigenvalue weighted by molar-refractivity contribution is -0.302. The van der Waals surface area contributed by atoms with Crippen LogP contribution in [0.4, 0.5) is 0 Å². The molecule has 0 aromatic rings. The van der Waals surface area contributed by atoms with Crippen LogP contribution in [0.2, 0.25) is 0 Å². The number of allylic oxidation sites excluding steroid dienone is 17. The molecule has 1 saturated heterocycles. The first-order valence-corrected chi connectivity index (χ1v) is 31.1. The molecule has 0 aliphatic carbocycles. The molecule has 9 nitrogen and oxygen atoms in total. The maximum atomic E-state index is 13.1. The van der Waals surface area contributed by atoms with Gasteiger partial charge < -0.3 is 40.3 Å². The van der Waals surface area contributed by atoms with E-state index in [0.29, 0.717) is 6.42 Å². The summed E-state index contributed by atoms with van der Waals surface area (Å²) >= 11 is 0. The van der Waals surface area contributed by atoms with Crippen molar-refractivity contribution in [2.24, 2.45) is 0 Å². The highest BCUT2D eigenvalue weighted by atomic mass is 16.7. The monoisotopic (exact) mass is 1060 g/mol. The zero-order chi connectivity index (χ0) is 55.0. The van der Waals surface area contributed by atoms with Gasteiger partial charge >= 0.3 is 0 Å². The van der Waals surface area contributed by atoms with Crippen LogP contribution < -0.4 is 5.32 Å². The van der Waals surface area contributed by atoms with Crippen LogP contribution >= 0.6 is 0 Å². The average molecular weight is 1060 g/mol. The molecule has 0 radical (unpaired) electrons. The number of hydrogen-bond acceptors (Lipinski definition) is 8. The van der Waals surface area contributed by atoms with Crippen LogP contribution in [0.5, 0.6) is 0 Å². The van der Waals surface area contributed by atoms with Gasteiger partial charge in [0.1, 0.15) is 24.4 Å². The lowest BCUT2D eigenvalue weighted by atomic mass is 9.99. The van der Waals surface area contributed by atoms with Gasteiger partial charge in [0, 0.05) is 6.42 Å². The number of carbonyl (C=O) groups excluding carboxylic acids is 1. The summed E-state index contributed by atoms with van der Waals surface area (Å²) in [5.74, 6) is -0.196. The number of ether oxygens (including phenoxy) is 2. The normalized spacial score (nSPS) is 19.6. The first-order chi connectivity index (χ1) is 37.3. The summed E-state index contributed by atoms with van der Waals surface area (Å²) in [6.45, 7) is 3.65. The molecule has 76 heavy (non-hydrogen) atoms. The molecule has 1 fully saturated rings. The van der Waals surface area contributed by atoms with E-state index in [-0.39, 0.29) is 12.5 Å². The minimum Gasteiger partial charge on any atom is -0.394 e. The van der Waals surface area contributed by atoms with E-state index in [2.05, 4.69) is 116 Å². The number of rotatable bonds is 52. The van der Waals surface area contributed by atoms with Crippen LogP contribution in [0.15, 0.2) is 109 Å². The first-order valence-electron chi connectivity index (χ1n) is 31.1. The molecular formula is C67H115NO8. The third kappa shape index (κ3) is 43.8. The highest BCUT2D eigenvalue weighted by molar-refractivity contribution is 5.76. The molecule has 1 aliphatic heterocycles. The Morgan fingerprint density at radius 3 is 1.26 bits per heavy atom. The van der Waals surface area contributed by atoms with Gasteiger partial charge in [-0.25, -0.2) is 0 Å². The molecule has 0 spiro atoms. The summed E-state index contributed by atoms with van der Waals surface area (Å²) in [7, 11) is 0. The number of nitrogens with one attached hydrogen (secondary N) is 1. The zero-order valence-corrected chi connectivity index (χ0v) is 48.5. The van der Waals surface area contributed by atoms with Gasteiger partial charge in [0.15, 0.2) is 6.29 Å². The molecule has 0 aromatic heterocycles. The fraction of sp³-hybridized carbons (Fsp3) is 0.716. The van der Waals surface area contributed by atoms with E-state index in [9.17, 15) is 30.3 Å². The lowest BCUT2D eigenvalue weighted by Gasteiger charge is -2.40. The second-order valence-corrected chi connectivity index (χ2v) is 21.1. The number of aliphatic hydroxyl groups is 5. The zero-order valence-electron chi connectivity index (χ0n) is 48.5. The van der Waals surface area contributed by atoms with Gasteiger partial charge in [0.2, 0.25) is 5.91 Å². The molecule has 1 rings (SSSR count). The SMILES string of the molecule is CC/C=C\C/C=C\C/C=C\C/C=C\C/C=C\C/C=C\CCCCCCCCCCCCCCC(=O)NC(COC1OC(CO)C(O)C(O)C1O)C(O)/C=C/CC/C=C/CC/C=C/CCCCCCCCCCCCCC. The van der Waals surface area contributed by atoms with Gasteiger partial charge in [-0.1, -0.05) is 258 Å². The van der Waals surface area contributed by atoms with Gasteiger partial charge in [-0.15, -0.1) is 0 Å². The quantitative estimate of drug-likeness (QED) is 0.0261. The van der Waals surface area contributed by atoms with E-state index in [1.807, 2.05) is 6.08 Å². The Balaban J connectivity index is 2.22. The lowest BCUT2D eigenvalue weighted by Crippen LogP contribution is -2.60. The third-order valence-corrected chi connectivity index (χ3v) is 14.1. The Morgan fingerprint density at radius 2 is 0.829 bits per heavy atom. The summed E-state index contributed by atoms with van der Waals surface area (Å²) in [6, 6.07) is -0.837. The molecule has 6 N–H and O–H groups in total. The first kappa shape index (κ1) is 70.9. The van der Waals surface area contributed by atoms with Gasteiger partial charge in [0.05, 0.1) is 25.4 Å². The molecule has 7 unspecified atom stereocenters. The highest BCUT2D eigenvalue weighted by Gasteiger charge is 2.44. The Kier molecular flexibility index (Phi) is 51.4. The fourth-order valence-corrected chi connectivity index (χ4v) is 9.19. The number of carbonyl (C=O) groups is 1. The molecule has 1 heterocycles. The fourth-order valence-electron chi connectivity index (χ4n) is 9.19. The Bertz CT molecular complexity index is 1560. The van der Waals surface area contributed by atoms with Crippen molar-refractivity contribution >= 4 is 5.91 Å². The minimum absolute atomic E-state index is 0.196. The minimum atomic E-state index is -1.58. The number of hydrogen-bond donors (Lipinski definition) is 6. The third-order valence-electron chi connectivity index (χ3n) is 14.1. The van der Waals surface area contributed by atoms with E-state index >= 15 is 0 Å². The topological polar surface area (TPSA) is 149 Å². The van der Waals surface area contributed by atoms with E-state index in [1.54, 1.807) is 6.08 Å². The van der Waals surface area contributed by atoms with E-state index in [0.717, 1.165) is 83.5 Å². The molecule has 1 amide bonds. The second kappa shape index (κ2) is 55.2. The van der Waals surface area contributed by atoms with Crippen molar-refractivity contribution in [1.29, 1.82) is 0 Å². The van der Waals surface area contributed by atoms with E-state index in [4.69, 9.17) is 9.47 Å². The molecule has 436 valence electrons. The summed E-state index contributed by atoms with van der Waals surface area (Å²) < 4.78 is 11.3. The van der Waals surface area contributed by atoms with Crippen LogP contribution in [0.25, 0.3) is 0 Å². The predicted molar refractivity (Wildman–Crippen MR) is 322 cm³/mol. The van der Waals surface area contributed by atoms with Crippen molar-refractivity contribution in [3.8, 4) is 0 Å². The molecule has 9 heteroatoms. The largest absolute Gasteiger partial charge is 0.394 e. The standard InChI is InChI=1S/C67H115NO8/c1-3-5-7-9-11-13-15-17-19-21-23-25-27-28-29-30-31-32-33-34-35-37-39-41-43-45-47-49-51-53-55-57-63(71)68-60(59-75-67-66(74)65(73)64(72)62(58-69)76-67)61(70)56-54-52-50-48-46-44-42-40-38-36-26-24-22-20-18-16-14-12-10-8-6-4-2/h5,7,11,13,17,19,23,25,28-29,31-32,38,40,46,48,54,56,60-62,64-67,69-70,72-74H,3-4,6,8-10,12,14-16,18,20-22,24,26-27,30,33-37,39,41-45,47,49-53,55,57-59H2,1-2H3,(H,68,71)/b7-5-,13-11-,19-17-,25-23-,29-28-,32-31-,40-38+,48-46+,56-54+. The van der Waals surface area contributed by atoms with E-state index in [1.165, 1.54) is 148 Å². The molecule has 1 aliphatic rings. The van der Waals surface area contributed by atoms with Crippen molar-refractivity contribution < 1.29 is 39.8 Å². The number of amides is 1. The summed E-state index contributed by atoms with van der Waals surface area (Å²) in [4.78, 5) is 13.1. The maximum absolute atomic E-state index is 13.1. The average Bonchev–Trinajstić information content (AvgIpc) is 3.42. The van der Waals surface area contributed by atoms with Gasteiger partial charge in [-0.05, 0) is 96.3 Å². The Hall–Kier alpha value is -3.15. The van der Waals surface area contributed by atoms with Crippen LogP contribution in [0, 0.1) is 0 Å². The summed E-state index contributed by atoms with van der Waals surface area (Å²) in [5, 5.41) is 54.6. The number of unbranched alkanes of at least 4 members (excludes halogenated alkanes) is 26. The molecular weight excluding hydrogens is 947 g/mol. The van der Waals surface area contributed by atoms with Crippen LogP contribution in [0.1, 0.15) is 251 Å². The van der Waals surface area contributed by atoms with Gasteiger partial charge in [-0.3, -0.25) is 4.79 Å². The van der Waals surface area contributed by atoms with E-state index < -0.39 is 49.5 Å². The van der Waals surface area contributed by atoms with Crippen LogP contribution in [0.3, 0.4) is 0 Å². The predicted octanol–water partition coefficient (Wildman–Crippen LogP) is 16.1. The van der Waals surface area contributed by atoms with Crippen molar-refractivity contribution in [2.75, 3.05) is 13.2 Å². The van der Waals surface area contributed by atoms with Crippen LogP contribution in [-0.4, -0.2) is 87.5 Å². The molecule has 7 atom stereocenters. The van der Waals surface area contributed by atoms with Crippen molar-refractivity contribution in [2.45, 2.75) is 294 Å². The Labute approximate surface area is 466 Å².